The van der Waals surface area contributed by atoms with Crippen LogP contribution in [0.3, 0.4) is 0 Å². The molecule has 74 valence electrons. The second kappa shape index (κ2) is 7.36. The molecule has 0 radical (unpaired) electrons. The molecule has 0 saturated heterocycles. The van der Waals surface area contributed by atoms with Gasteiger partial charge in [-0.3, -0.25) is 4.79 Å². The second-order valence-corrected chi connectivity index (χ2v) is 2.38. The standard InChI is InChI=1S/C5H6O2.C4H8O2/c6-4-5-2-1-3-7-5;1-2-3-4(5)6/h1-3,6H,4H2;2-3H2,1H3,(H,5,6). The molecule has 0 bridgehead atoms. The summed E-state index contributed by atoms with van der Waals surface area (Å²) in [6.45, 7) is 1.83. The van der Waals surface area contributed by atoms with Gasteiger partial charge < -0.3 is 14.6 Å². The van der Waals surface area contributed by atoms with E-state index in [0.717, 1.165) is 6.42 Å². The van der Waals surface area contributed by atoms with E-state index >= 15 is 0 Å². The van der Waals surface area contributed by atoms with Crippen molar-refractivity contribution < 1.29 is 19.4 Å². The number of aliphatic hydroxyl groups excluding tert-OH is 1. The quantitative estimate of drug-likeness (QED) is 0.752. The number of hydrogen-bond acceptors (Lipinski definition) is 3. The van der Waals surface area contributed by atoms with Gasteiger partial charge in [0.25, 0.3) is 0 Å². The lowest BCUT2D eigenvalue weighted by atomic mass is 10.4. The van der Waals surface area contributed by atoms with Gasteiger partial charge in [0.1, 0.15) is 12.4 Å². The maximum Gasteiger partial charge on any atom is 0.303 e. The number of rotatable bonds is 3. The van der Waals surface area contributed by atoms with Gasteiger partial charge in [0.05, 0.1) is 6.26 Å². The number of carboxylic acid groups (broad SMARTS) is 1. The number of carbonyl (C=O) groups is 1. The molecule has 0 saturated carbocycles. The van der Waals surface area contributed by atoms with E-state index in [1.165, 1.54) is 6.26 Å². The van der Waals surface area contributed by atoms with Crippen molar-refractivity contribution in [3.05, 3.63) is 24.2 Å². The van der Waals surface area contributed by atoms with Crippen molar-refractivity contribution in [1.29, 1.82) is 0 Å². The van der Waals surface area contributed by atoms with Crippen LogP contribution in [0.25, 0.3) is 0 Å². The van der Waals surface area contributed by atoms with Crippen LogP contribution in [-0.4, -0.2) is 16.2 Å². The van der Waals surface area contributed by atoms with Gasteiger partial charge in [0, 0.05) is 6.42 Å². The number of carboxylic acids is 1. The first-order chi connectivity index (χ1) is 6.20. The Morgan fingerprint density at radius 2 is 2.31 bits per heavy atom. The summed E-state index contributed by atoms with van der Waals surface area (Å²) in [7, 11) is 0. The smallest absolute Gasteiger partial charge is 0.303 e. The topological polar surface area (TPSA) is 70.7 Å². The average Bonchev–Trinajstić information content (AvgIpc) is 2.56. The summed E-state index contributed by atoms with van der Waals surface area (Å²) in [5, 5.41) is 16.2. The van der Waals surface area contributed by atoms with Crippen molar-refractivity contribution in [3.8, 4) is 0 Å². The highest BCUT2D eigenvalue weighted by Gasteiger charge is 1.87. The lowest BCUT2D eigenvalue weighted by Gasteiger charge is -1.79. The molecule has 13 heavy (non-hydrogen) atoms. The van der Waals surface area contributed by atoms with Crippen LogP contribution in [0.5, 0.6) is 0 Å². The molecule has 4 heteroatoms. The summed E-state index contributed by atoms with van der Waals surface area (Å²) >= 11 is 0. The van der Waals surface area contributed by atoms with E-state index in [1.54, 1.807) is 12.1 Å². The Labute approximate surface area is 76.8 Å². The first-order valence-electron chi connectivity index (χ1n) is 4.05. The highest BCUT2D eigenvalue weighted by atomic mass is 16.4. The Morgan fingerprint density at radius 3 is 2.46 bits per heavy atom. The van der Waals surface area contributed by atoms with Crippen LogP contribution >= 0.6 is 0 Å². The lowest BCUT2D eigenvalue weighted by Crippen LogP contribution is -1.90. The van der Waals surface area contributed by atoms with Crippen LogP contribution in [0.1, 0.15) is 25.5 Å². The molecule has 0 aliphatic rings. The molecule has 2 N–H and O–H groups in total. The first kappa shape index (κ1) is 11.7. The van der Waals surface area contributed by atoms with E-state index in [1.807, 2.05) is 6.92 Å². The molecule has 1 aromatic rings. The van der Waals surface area contributed by atoms with E-state index < -0.39 is 5.97 Å². The van der Waals surface area contributed by atoms with Crippen molar-refractivity contribution in [3.63, 3.8) is 0 Å². The summed E-state index contributed by atoms with van der Waals surface area (Å²) in [5.41, 5.74) is 0. The molecule has 4 nitrogen and oxygen atoms in total. The first-order valence-corrected chi connectivity index (χ1v) is 4.05. The van der Waals surface area contributed by atoms with Crippen molar-refractivity contribution in [2.75, 3.05) is 0 Å². The van der Waals surface area contributed by atoms with E-state index in [0.29, 0.717) is 12.2 Å². The van der Waals surface area contributed by atoms with E-state index in [-0.39, 0.29) is 6.61 Å². The van der Waals surface area contributed by atoms with Crippen molar-refractivity contribution in [1.82, 2.24) is 0 Å². The van der Waals surface area contributed by atoms with Crippen molar-refractivity contribution in [2.24, 2.45) is 0 Å². The minimum Gasteiger partial charge on any atom is -0.481 e. The molecular formula is C9H14O4. The Bertz CT molecular complexity index is 216. The van der Waals surface area contributed by atoms with E-state index in [9.17, 15) is 4.79 Å². The third kappa shape index (κ3) is 7.08. The number of furan rings is 1. The number of aliphatic hydroxyl groups is 1. The fraction of sp³-hybridized carbons (Fsp3) is 0.444. The Hall–Kier alpha value is -1.29. The molecule has 1 heterocycles. The minimum absolute atomic E-state index is 0.00694. The van der Waals surface area contributed by atoms with Crippen LogP contribution in [0, 0.1) is 0 Å². The van der Waals surface area contributed by atoms with Crippen molar-refractivity contribution >= 4 is 5.97 Å². The predicted octanol–water partition coefficient (Wildman–Crippen LogP) is 1.64. The molecule has 0 aliphatic carbocycles. The number of hydrogen-bond donors (Lipinski definition) is 2. The SMILES string of the molecule is CCCC(=O)O.OCc1ccco1. The van der Waals surface area contributed by atoms with Crippen molar-refractivity contribution in [2.45, 2.75) is 26.4 Å². The van der Waals surface area contributed by atoms with Gasteiger partial charge in [-0.15, -0.1) is 0 Å². The van der Waals surface area contributed by atoms with Crippen LogP contribution in [0.15, 0.2) is 22.8 Å². The monoisotopic (exact) mass is 186 g/mol. The van der Waals surface area contributed by atoms with Gasteiger partial charge in [-0.1, -0.05) is 6.92 Å². The van der Waals surface area contributed by atoms with Crippen LogP contribution in [0.2, 0.25) is 0 Å². The molecular weight excluding hydrogens is 172 g/mol. The Morgan fingerprint density at radius 1 is 1.62 bits per heavy atom. The van der Waals surface area contributed by atoms with Gasteiger partial charge in [-0.2, -0.15) is 0 Å². The van der Waals surface area contributed by atoms with Crippen LogP contribution < -0.4 is 0 Å². The Kier molecular flexibility index (Phi) is 6.63. The fourth-order valence-corrected chi connectivity index (χ4v) is 0.616. The minimum atomic E-state index is -0.711. The Balaban J connectivity index is 0.000000226. The summed E-state index contributed by atoms with van der Waals surface area (Å²) in [6.07, 6.45) is 2.56. The van der Waals surface area contributed by atoms with E-state index in [4.69, 9.17) is 14.6 Å². The highest BCUT2D eigenvalue weighted by molar-refractivity contribution is 5.66. The molecule has 0 amide bonds. The zero-order valence-corrected chi connectivity index (χ0v) is 7.56. The summed E-state index contributed by atoms with van der Waals surface area (Å²) in [6, 6.07) is 3.46. The number of aliphatic carboxylic acids is 1. The molecule has 1 rings (SSSR count). The molecule has 0 aliphatic heterocycles. The maximum atomic E-state index is 9.60. The normalized spacial score (nSPS) is 8.77. The van der Waals surface area contributed by atoms with Gasteiger partial charge in [-0.25, -0.2) is 0 Å². The van der Waals surface area contributed by atoms with Gasteiger partial charge in [0.15, 0.2) is 0 Å². The lowest BCUT2D eigenvalue weighted by molar-refractivity contribution is -0.137. The second-order valence-electron chi connectivity index (χ2n) is 2.38. The maximum absolute atomic E-state index is 9.60. The molecule has 0 unspecified atom stereocenters. The van der Waals surface area contributed by atoms with Gasteiger partial charge >= 0.3 is 5.97 Å². The van der Waals surface area contributed by atoms with Gasteiger partial charge in [-0.05, 0) is 18.6 Å². The average molecular weight is 186 g/mol. The predicted molar refractivity (Wildman–Crippen MR) is 47.2 cm³/mol. The highest BCUT2D eigenvalue weighted by Crippen LogP contribution is 1.96. The van der Waals surface area contributed by atoms with Crippen LogP contribution in [-0.2, 0) is 11.4 Å². The summed E-state index contributed by atoms with van der Waals surface area (Å²) < 4.78 is 4.73. The molecule has 0 atom stereocenters. The largest absolute Gasteiger partial charge is 0.481 e. The fourth-order valence-electron chi connectivity index (χ4n) is 0.616. The molecule has 0 aromatic carbocycles. The zero-order chi connectivity index (χ0) is 10.1. The molecule has 0 spiro atoms. The van der Waals surface area contributed by atoms with Gasteiger partial charge in [0.2, 0.25) is 0 Å². The van der Waals surface area contributed by atoms with Crippen LogP contribution in [0.4, 0.5) is 0 Å². The zero-order valence-electron chi connectivity index (χ0n) is 7.56. The van der Waals surface area contributed by atoms with E-state index in [2.05, 4.69) is 0 Å². The third-order valence-electron chi connectivity index (χ3n) is 1.20. The third-order valence-corrected chi connectivity index (χ3v) is 1.20. The summed E-state index contributed by atoms with van der Waals surface area (Å²) in [5.74, 6) is -0.0995. The summed E-state index contributed by atoms with van der Waals surface area (Å²) in [4.78, 5) is 9.60. The molecule has 1 aromatic heterocycles. The molecule has 0 fully saturated rings.